The highest BCUT2D eigenvalue weighted by atomic mass is 35.5. The van der Waals surface area contributed by atoms with Gasteiger partial charge in [-0.2, -0.15) is 0 Å². The molecule has 2 N–H and O–H groups in total. The Balaban J connectivity index is 1.98. The van der Waals surface area contributed by atoms with Crippen molar-refractivity contribution in [3.63, 3.8) is 0 Å². The predicted molar refractivity (Wildman–Crippen MR) is 132 cm³/mol. The molecule has 0 saturated carbocycles. The van der Waals surface area contributed by atoms with Crippen molar-refractivity contribution < 1.29 is 32.5 Å². The van der Waals surface area contributed by atoms with E-state index in [1.54, 1.807) is 30.4 Å². The zero-order valence-electron chi connectivity index (χ0n) is 19.0. The second-order valence-electron chi connectivity index (χ2n) is 6.97. The first-order chi connectivity index (χ1) is 16.2. The third-order valence-electron chi connectivity index (χ3n) is 4.82. The van der Waals surface area contributed by atoms with Crippen molar-refractivity contribution in [2.45, 2.75) is 4.90 Å². The minimum atomic E-state index is -3.96. The highest BCUT2D eigenvalue weighted by molar-refractivity contribution is 7.92. The van der Waals surface area contributed by atoms with Crippen LogP contribution in [0.15, 0.2) is 53.4 Å². The molecule has 0 aliphatic rings. The zero-order valence-corrected chi connectivity index (χ0v) is 20.5. The molecule has 0 aliphatic carbocycles. The van der Waals surface area contributed by atoms with Gasteiger partial charge in [0.25, 0.3) is 10.0 Å². The fourth-order valence-corrected chi connectivity index (χ4v) is 4.41. The van der Waals surface area contributed by atoms with Crippen LogP contribution in [0.5, 0.6) is 28.7 Å². The molecule has 3 aromatic carbocycles. The van der Waals surface area contributed by atoms with Crippen LogP contribution in [0.3, 0.4) is 0 Å². The number of rotatable bonds is 9. The molecule has 3 rings (SSSR count). The SMILES string of the molecule is COc1cc(C=Cc2cc(O)c(OC)c(NS(=O)(=O)c3ccc(Cl)cc3)c2)cc(OC)c1OC. The molecule has 0 heterocycles. The average Bonchev–Trinajstić information content (AvgIpc) is 2.81. The quantitative estimate of drug-likeness (QED) is 0.392. The molecule has 180 valence electrons. The summed E-state index contributed by atoms with van der Waals surface area (Å²) in [4.78, 5) is 0.0109. The van der Waals surface area contributed by atoms with Gasteiger partial charge in [0.2, 0.25) is 5.75 Å². The van der Waals surface area contributed by atoms with Crippen molar-refractivity contribution in [3.05, 3.63) is 64.7 Å². The topological polar surface area (TPSA) is 103 Å². The minimum Gasteiger partial charge on any atom is -0.504 e. The molecule has 34 heavy (non-hydrogen) atoms. The number of sulfonamides is 1. The third kappa shape index (κ3) is 5.49. The van der Waals surface area contributed by atoms with Crippen LogP contribution in [0.25, 0.3) is 12.2 Å². The second kappa shape index (κ2) is 10.6. The number of anilines is 1. The van der Waals surface area contributed by atoms with Crippen LogP contribution in [0, 0.1) is 0 Å². The molecule has 0 aromatic heterocycles. The van der Waals surface area contributed by atoms with Gasteiger partial charge in [0.05, 0.1) is 39.0 Å². The van der Waals surface area contributed by atoms with E-state index in [4.69, 9.17) is 30.5 Å². The molecule has 3 aromatic rings. The first kappa shape index (κ1) is 25.1. The van der Waals surface area contributed by atoms with Gasteiger partial charge in [-0.05, 0) is 59.7 Å². The molecule has 0 radical (unpaired) electrons. The van der Waals surface area contributed by atoms with E-state index in [-0.39, 0.29) is 22.1 Å². The van der Waals surface area contributed by atoms with Gasteiger partial charge in [-0.15, -0.1) is 0 Å². The number of phenols is 1. The molecule has 0 unspecified atom stereocenters. The fraction of sp³-hybridized carbons (Fsp3) is 0.167. The molecule has 10 heteroatoms. The number of hydrogen-bond acceptors (Lipinski definition) is 7. The summed E-state index contributed by atoms with van der Waals surface area (Å²) in [6.07, 6.45) is 3.45. The minimum absolute atomic E-state index is 0.0109. The van der Waals surface area contributed by atoms with E-state index in [1.807, 2.05) is 0 Å². The molecule has 0 bridgehead atoms. The molecule has 8 nitrogen and oxygen atoms in total. The molecule has 0 atom stereocenters. The lowest BCUT2D eigenvalue weighted by Crippen LogP contribution is -2.13. The molecule has 0 saturated heterocycles. The van der Waals surface area contributed by atoms with Gasteiger partial charge in [0.15, 0.2) is 23.0 Å². The van der Waals surface area contributed by atoms with E-state index in [0.29, 0.717) is 27.8 Å². The summed E-state index contributed by atoms with van der Waals surface area (Å²) in [5.74, 6) is 1.18. The maximum absolute atomic E-state index is 12.8. The number of hydrogen-bond donors (Lipinski definition) is 2. The number of methoxy groups -OCH3 is 4. The van der Waals surface area contributed by atoms with E-state index in [2.05, 4.69) is 4.72 Å². The molecule has 0 aliphatic heterocycles. The first-order valence-electron chi connectivity index (χ1n) is 9.90. The number of halogens is 1. The summed E-state index contributed by atoms with van der Waals surface area (Å²) in [5, 5.41) is 10.8. The lowest BCUT2D eigenvalue weighted by Gasteiger charge is -2.14. The van der Waals surface area contributed by atoms with E-state index in [9.17, 15) is 13.5 Å². The monoisotopic (exact) mass is 505 g/mol. The summed E-state index contributed by atoms with van der Waals surface area (Å²) >= 11 is 5.85. The number of nitrogens with one attached hydrogen (secondary N) is 1. The van der Waals surface area contributed by atoms with Gasteiger partial charge in [-0.25, -0.2) is 8.42 Å². The van der Waals surface area contributed by atoms with Crippen molar-refractivity contribution in [1.82, 2.24) is 0 Å². The second-order valence-corrected chi connectivity index (χ2v) is 9.09. The summed E-state index contributed by atoms with van der Waals surface area (Å²) in [6, 6.07) is 12.2. The van der Waals surface area contributed by atoms with Crippen LogP contribution < -0.4 is 23.7 Å². The van der Waals surface area contributed by atoms with Crippen molar-refractivity contribution in [1.29, 1.82) is 0 Å². The van der Waals surface area contributed by atoms with Gasteiger partial charge in [0, 0.05) is 5.02 Å². The van der Waals surface area contributed by atoms with Gasteiger partial charge in [-0.1, -0.05) is 23.8 Å². The van der Waals surface area contributed by atoms with Crippen LogP contribution >= 0.6 is 11.6 Å². The average molecular weight is 506 g/mol. The highest BCUT2D eigenvalue weighted by Gasteiger charge is 2.19. The van der Waals surface area contributed by atoms with E-state index >= 15 is 0 Å². The Labute approximate surface area is 203 Å². The highest BCUT2D eigenvalue weighted by Crippen LogP contribution is 2.40. The molecule has 0 spiro atoms. The Morgan fingerprint density at radius 2 is 1.32 bits per heavy atom. The zero-order chi connectivity index (χ0) is 24.9. The smallest absolute Gasteiger partial charge is 0.262 e. The van der Waals surface area contributed by atoms with Crippen molar-refractivity contribution in [2.24, 2.45) is 0 Å². The maximum atomic E-state index is 12.8. The van der Waals surface area contributed by atoms with E-state index in [0.717, 1.165) is 5.56 Å². The number of aromatic hydroxyl groups is 1. The summed E-state index contributed by atoms with van der Waals surface area (Å²) in [7, 11) is 1.93. The van der Waals surface area contributed by atoms with Crippen LogP contribution in [0.2, 0.25) is 5.02 Å². The standard InChI is InChI=1S/C24H24ClNO7S/c1-30-21-13-16(14-22(31-2)24(21)33-4)6-5-15-11-19(23(32-3)20(27)12-15)26-34(28,29)18-9-7-17(25)8-10-18/h5-14,26-27H,1-4H3. The number of phenolic OH excluding ortho intramolecular Hbond substituents is 1. The van der Waals surface area contributed by atoms with Crippen LogP contribution in [0.4, 0.5) is 5.69 Å². The summed E-state index contributed by atoms with van der Waals surface area (Å²) < 4.78 is 49.4. The first-order valence-corrected chi connectivity index (χ1v) is 11.8. The summed E-state index contributed by atoms with van der Waals surface area (Å²) in [6.45, 7) is 0. The van der Waals surface area contributed by atoms with Crippen LogP contribution in [0.1, 0.15) is 11.1 Å². The van der Waals surface area contributed by atoms with E-state index in [1.165, 1.54) is 58.8 Å². The van der Waals surface area contributed by atoms with E-state index < -0.39 is 10.0 Å². The van der Waals surface area contributed by atoms with Crippen molar-refractivity contribution in [2.75, 3.05) is 33.2 Å². The lowest BCUT2D eigenvalue weighted by molar-refractivity contribution is 0.324. The van der Waals surface area contributed by atoms with Crippen LogP contribution in [-0.4, -0.2) is 42.0 Å². The van der Waals surface area contributed by atoms with Gasteiger partial charge in [0.1, 0.15) is 0 Å². The predicted octanol–water partition coefficient (Wildman–Crippen LogP) is 5.05. The molecule has 0 fully saturated rings. The maximum Gasteiger partial charge on any atom is 0.262 e. The molecular formula is C24H24ClNO7S. The Morgan fingerprint density at radius 1 is 0.794 bits per heavy atom. The molecular weight excluding hydrogens is 482 g/mol. The fourth-order valence-electron chi connectivity index (χ4n) is 3.23. The Hall–Kier alpha value is -3.56. The number of ether oxygens (including phenoxy) is 4. The third-order valence-corrected chi connectivity index (χ3v) is 6.45. The summed E-state index contributed by atoms with van der Waals surface area (Å²) in [5.41, 5.74) is 1.32. The Morgan fingerprint density at radius 3 is 1.82 bits per heavy atom. The lowest BCUT2D eigenvalue weighted by atomic mass is 10.1. The Bertz CT molecular complexity index is 1280. The molecule has 0 amide bonds. The largest absolute Gasteiger partial charge is 0.504 e. The normalized spacial score (nSPS) is 11.3. The number of benzene rings is 3. The van der Waals surface area contributed by atoms with Gasteiger partial charge in [-0.3, -0.25) is 4.72 Å². The van der Waals surface area contributed by atoms with Gasteiger partial charge >= 0.3 is 0 Å². The Kier molecular flexibility index (Phi) is 7.80. The van der Waals surface area contributed by atoms with Crippen molar-refractivity contribution in [3.8, 4) is 28.7 Å². The van der Waals surface area contributed by atoms with Crippen LogP contribution in [-0.2, 0) is 10.0 Å². The van der Waals surface area contributed by atoms with Gasteiger partial charge < -0.3 is 24.1 Å². The van der Waals surface area contributed by atoms with Crippen molar-refractivity contribution >= 4 is 39.5 Å².